The van der Waals surface area contributed by atoms with E-state index in [4.69, 9.17) is 9.72 Å². The highest BCUT2D eigenvalue weighted by atomic mass is 19.3. The standard InChI is InChI=1S/C44H47F2N13O5/c1-53-39-27(4-2-6-33(39)59(44(53)63)34-11-12-37(60)51-43(34)62)5-3-14-54-16-18-55(19-17-54)35(21-47)26-7-9-28(10-8-26)58-24-32(38(52-58)40(45)46)49-42(61)31-22-48-57-15-13-36(50-41(31)57)56-23-30-20-29(56)25-64-30/h2,4,6,13,15,22,24,26,28-30,34-35,40H,7-12,14,16-20,23,25H2,1H3,(H,49,61)(H,51,60,62)/t26?,28?,29-,30-,34?,35?/m1/s1. The summed E-state index contributed by atoms with van der Waals surface area (Å²) in [5.41, 5.74) is 1.46. The van der Waals surface area contributed by atoms with Gasteiger partial charge in [0.25, 0.3) is 12.3 Å². The summed E-state index contributed by atoms with van der Waals surface area (Å²) < 4.78 is 40.4. The van der Waals surface area contributed by atoms with Crippen molar-refractivity contribution in [3.63, 3.8) is 0 Å². The summed E-state index contributed by atoms with van der Waals surface area (Å²) in [7, 11) is 1.65. The number of alkyl halides is 2. The van der Waals surface area contributed by atoms with Crippen molar-refractivity contribution in [2.75, 3.05) is 56.1 Å². The predicted molar refractivity (Wildman–Crippen MR) is 228 cm³/mol. The van der Waals surface area contributed by atoms with Gasteiger partial charge in [-0.3, -0.25) is 43.3 Å². The van der Waals surface area contributed by atoms with Crippen LogP contribution in [0.2, 0.25) is 0 Å². The van der Waals surface area contributed by atoms with E-state index in [1.807, 2.05) is 18.2 Å². The van der Waals surface area contributed by atoms with Crippen molar-refractivity contribution in [1.82, 2.24) is 48.6 Å². The molecule has 5 fully saturated rings. The fourth-order valence-corrected chi connectivity index (χ4v) is 10.3. The smallest absolute Gasteiger partial charge is 0.329 e. The molecule has 1 saturated carbocycles. The van der Waals surface area contributed by atoms with E-state index < -0.39 is 30.0 Å². The van der Waals surface area contributed by atoms with Crippen LogP contribution in [0.25, 0.3) is 16.7 Å². The van der Waals surface area contributed by atoms with Gasteiger partial charge in [0.15, 0.2) is 11.3 Å². The number of nitrogens with one attached hydrogen (secondary N) is 2. The molecular formula is C44H47F2N13O5. The van der Waals surface area contributed by atoms with Crippen molar-refractivity contribution in [3.8, 4) is 17.9 Å². The molecule has 1 aliphatic carbocycles. The Morgan fingerprint density at radius 1 is 1.06 bits per heavy atom. The number of piperazine rings is 1. The molecule has 1 aromatic carbocycles. The van der Waals surface area contributed by atoms with Crippen LogP contribution in [0, 0.1) is 29.1 Å². The Kier molecular flexibility index (Phi) is 11.0. The van der Waals surface area contributed by atoms with E-state index in [2.05, 4.69) is 53.4 Å². The Morgan fingerprint density at radius 3 is 2.59 bits per heavy atom. The van der Waals surface area contributed by atoms with E-state index in [0.717, 1.165) is 38.9 Å². The molecule has 5 aliphatic rings. The number of nitrogens with zero attached hydrogens (tertiary/aromatic N) is 11. The van der Waals surface area contributed by atoms with Crippen LogP contribution < -0.4 is 21.2 Å². The molecule has 3 amide bonds. The molecule has 0 spiro atoms. The van der Waals surface area contributed by atoms with Crippen LogP contribution in [0.15, 0.2) is 47.7 Å². The van der Waals surface area contributed by atoms with E-state index in [1.54, 1.807) is 24.0 Å². The maximum atomic E-state index is 14.4. The Balaban J connectivity index is 0.743. The summed E-state index contributed by atoms with van der Waals surface area (Å²) in [6.45, 7) is 4.66. The lowest BCUT2D eigenvalue weighted by atomic mass is 9.81. The highest BCUT2D eigenvalue weighted by Gasteiger charge is 2.40. The zero-order chi connectivity index (χ0) is 44.2. The number of rotatable bonds is 9. The first-order valence-corrected chi connectivity index (χ1v) is 21.8. The van der Waals surface area contributed by atoms with Gasteiger partial charge < -0.3 is 15.0 Å². The molecule has 18 nitrogen and oxygen atoms in total. The topological polar surface area (TPSA) is 193 Å². The van der Waals surface area contributed by atoms with E-state index >= 15 is 0 Å². The molecule has 0 radical (unpaired) electrons. The minimum absolute atomic E-state index is 0.0596. The van der Waals surface area contributed by atoms with Gasteiger partial charge in [0.1, 0.15) is 23.5 Å². The maximum absolute atomic E-state index is 14.4. The minimum Gasteiger partial charge on any atom is -0.374 e. The molecular weight excluding hydrogens is 829 g/mol. The molecule has 5 aromatic rings. The van der Waals surface area contributed by atoms with Crippen molar-refractivity contribution in [2.45, 2.75) is 81.6 Å². The monoisotopic (exact) mass is 875 g/mol. The molecule has 8 heterocycles. The first-order valence-electron chi connectivity index (χ1n) is 21.8. The van der Waals surface area contributed by atoms with Crippen LogP contribution in [0.1, 0.15) is 85.1 Å². The Hall–Kier alpha value is -6.48. The molecule has 2 bridgehead atoms. The Labute approximate surface area is 365 Å². The van der Waals surface area contributed by atoms with E-state index in [0.29, 0.717) is 67.1 Å². The number of morpholine rings is 1. The van der Waals surface area contributed by atoms with Crippen LogP contribution in [0.4, 0.5) is 20.3 Å². The molecule has 10 rings (SSSR count). The SMILES string of the molecule is Cn1c(=O)n(C2CCC(=O)NC2=O)c2cccc(C#CCN3CCN(C(C#N)C4CCC(n5cc(NC(=O)c6cnn7ccc(N8C[C@H]9C[C@@H]8CO9)nc67)c(C(F)F)n5)CC4)CC3)c21. The van der Waals surface area contributed by atoms with Crippen LogP contribution in [0.5, 0.6) is 0 Å². The fraction of sp³-hybridized carbons (Fsp3) is 0.500. The maximum Gasteiger partial charge on any atom is 0.329 e. The third kappa shape index (κ3) is 7.58. The molecule has 20 heteroatoms. The zero-order valence-electron chi connectivity index (χ0n) is 35.2. The van der Waals surface area contributed by atoms with Crippen LogP contribution in [-0.2, 0) is 21.4 Å². The lowest BCUT2D eigenvalue weighted by Gasteiger charge is -2.40. The number of nitriles is 1. The quantitative estimate of drug-likeness (QED) is 0.163. The van der Waals surface area contributed by atoms with Gasteiger partial charge in [-0.1, -0.05) is 17.9 Å². The molecule has 4 saturated heterocycles. The van der Waals surface area contributed by atoms with Crippen molar-refractivity contribution >= 4 is 45.9 Å². The van der Waals surface area contributed by atoms with Crippen LogP contribution in [0.3, 0.4) is 0 Å². The van der Waals surface area contributed by atoms with E-state index in [1.165, 1.54) is 26.0 Å². The number of amides is 3. The van der Waals surface area contributed by atoms with E-state index in [-0.39, 0.29) is 65.8 Å². The van der Waals surface area contributed by atoms with Gasteiger partial charge in [0.2, 0.25) is 11.8 Å². The molecule has 332 valence electrons. The molecule has 4 aromatic heterocycles. The number of para-hydroxylation sites is 1. The normalized spacial score (nSPS) is 24.5. The first kappa shape index (κ1) is 41.5. The third-order valence-electron chi connectivity index (χ3n) is 13.7. The number of anilines is 2. The lowest BCUT2D eigenvalue weighted by Crippen LogP contribution is -2.52. The van der Waals surface area contributed by atoms with Gasteiger partial charge in [0, 0.05) is 58.6 Å². The Morgan fingerprint density at radius 2 is 1.88 bits per heavy atom. The number of carbonyl (C=O) groups is 3. The fourth-order valence-electron chi connectivity index (χ4n) is 10.3. The number of carbonyl (C=O) groups excluding carboxylic acids is 3. The van der Waals surface area contributed by atoms with Gasteiger partial charge >= 0.3 is 5.69 Å². The molecule has 64 heavy (non-hydrogen) atoms. The number of imide groups is 1. The van der Waals surface area contributed by atoms with Crippen molar-refractivity contribution < 1.29 is 27.9 Å². The largest absolute Gasteiger partial charge is 0.374 e. The second-order valence-corrected chi connectivity index (χ2v) is 17.4. The summed E-state index contributed by atoms with van der Waals surface area (Å²) in [6, 6.07) is 8.83. The molecule has 2 N–H and O–H groups in total. The number of aromatic nitrogens is 7. The second-order valence-electron chi connectivity index (χ2n) is 17.4. The number of imidazole rings is 1. The molecule has 4 aliphatic heterocycles. The molecule has 4 atom stereocenters. The van der Waals surface area contributed by atoms with Gasteiger partial charge in [-0.25, -0.2) is 23.1 Å². The number of fused-ring (bicyclic) bond motifs is 4. The lowest BCUT2D eigenvalue weighted by molar-refractivity contribution is -0.135. The summed E-state index contributed by atoms with van der Waals surface area (Å²) in [6.07, 6.45) is 5.94. The minimum atomic E-state index is -2.91. The number of halogens is 2. The number of hydrogen-bond acceptors (Lipinski definition) is 12. The van der Waals surface area contributed by atoms with Crippen LogP contribution >= 0.6 is 0 Å². The van der Waals surface area contributed by atoms with Gasteiger partial charge in [-0.15, -0.1) is 0 Å². The number of hydrogen-bond donors (Lipinski definition) is 2. The Bertz CT molecular complexity index is 2820. The van der Waals surface area contributed by atoms with Gasteiger partial charge in [-0.2, -0.15) is 15.5 Å². The number of ether oxygens (including phenoxy) is 1. The van der Waals surface area contributed by atoms with Crippen molar-refractivity contribution in [1.29, 1.82) is 5.26 Å². The van der Waals surface area contributed by atoms with E-state index in [9.17, 15) is 33.2 Å². The summed E-state index contributed by atoms with van der Waals surface area (Å²) in [5.74, 6) is 5.87. The summed E-state index contributed by atoms with van der Waals surface area (Å²) >= 11 is 0. The predicted octanol–water partition coefficient (Wildman–Crippen LogP) is 3.02. The third-order valence-corrected chi connectivity index (χ3v) is 13.7. The zero-order valence-corrected chi connectivity index (χ0v) is 35.2. The second kappa shape index (κ2) is 16.9. The average Bonchev–Trinajstić information content (AvgIpc) is 4.15. The number of benzene rings is 1. The number of aryl methyl sites for hydroxylation is 1. The van der Waals surface area contributed by atoms with Gasteiger partial charge in [0.05, 0.1) is 65.9 Å². The van der Waals surface area contributed by atoms with Crippen molar-refractivity contribution in [3.05, 3.63) is 70.2 Å². The number of piperidine rings is 1. The highest BCUT2D eigenvalue weighted by Crippen LogP contribution is 2.38. The summed E-state index contributed by atoms with van der Waals surface area (Å²) in [4.78, 5) is 62.6. The average molecular weight is 876 g/mol. The first-order chi connectivity index (χ1) is 31.0. The van der Waals surface area contributed by atoms with Gasteiger partial charge in [-0.05, 0) is 62.6 Å². The van der Waals surface area contributed by atoms with Crippen LogP contribution in [-0.4, -0.2) is 125 Å². The molecule has 2 unspecified atom stereocenters. The summed E-state index contributed by atoms with van der Waals surface area (Å²) in [5, 5.41) is 23.9. The highest BCUT2D eigenvalue weighted by molar-refractivity contribution is 6.08. The van der Waals surface area contributed by atoms with Crippen molar-refractivity contribution in [2.24, 2.45) is 13.0 Å².